The van der Waals surface area contributed by atoms with Crippen molar-refractivity contribution >= 4 is 11.7 Å². The summed E-state index contributed by atoms with van der Waals surface area (Å²) < 4.78 is 5.47. The fourth-order valence-electron chi connectivity index (χ4n) is 3.66. The van der Waals surface area contributed by atoms with Crippen LogP contribution >= 0.6 is 0 Å². The number of rotatable bonds is 3. The first kappa shape index (κ1) is 17.4. The van der Waals surface area contributed by atoms with Crippen molar-refractivity contribution in [2.45, 2.75) is 31.9 Å². The monoisotopic (exact) mass is 363 g/mol. The van der Waals surface area contributed by atoms with Crippen LogP contribution in [0, 0.1) is 11.3 Å². The van der Waals surface area contributed by atoms with Gasteiger partial charge in [-0.1, -0.05) is 0 Å². The van der Waals surface area contributed by atoms with Crippen LogP contribution in [-0.2, 0) is 17.8 Å². The van der Waals surface area contributed by atoms with E-state index in [2.05, 4.69) is 21.3 Å². The van der Waals surface area contributed by atoms with Crippen LogP contribution in [0.1, 0.15) is 40.0 Å². The van der Waals surface area contributed by atoms with Gasteiger partial charge in [-0.15, -0.1) is 0 Å². The number of carbonyl (C=O) groups excluding carboxylic acids is 1. The third-order valence-electron chi connectivity index (χ3n) is 5.03. The molecule has 0 spiro atoms. The maximum atomic E-state index is 12.4. The van der Waals surface area contributed by atoms with E-state index in [0.717, 1.165) is 42.9 Å². The van der Waals surface area contributed by atoms with Crippen LogP contribution in [0.25, 0.3) is 0 Å². The van der Waals surface area contributed by atoms with Gasteiger partial charge >= 0.3 is 0 Å². The van der Waals surface area contributed by atoms with Crippen molar-refractivity contribution in [2.24, 2.45) is 0 Å². The molecule has 0 radical (unpaired) electrons. The number of ether oxygens (including phenoxy) is 1. The Morgan fingerprint density at radius 2 is 2.22 bits per heavy atom. The maximum absolute atomic E-state index is 12.4. The average molecular weight is 363 g/mol. The zero-order valence-electron chi connectivity index (χ0n) is 15.0. The standard InChI is InChI=1S/C20H21N5O2/c21-11-15-10-16-13-27-9-5-18(16)24-19(15)25-8-1-2-17(12-25)23-20(26)14-3-6-22-7-4-14/h3-4,6-7,10,17H,1-2,5,8-9,12-13H2,(H,23,26). The molecule has 7 heteroatoms. The highest BCUT2D eigenvalue weighted by Gasteiger charge is 2.26. The zero-order valence-corrected chi connectivity index (χ0v) is 15.0. The predicted molar refractivity (Wildman–Crippen MR) is 99.3 cm³/mol. The molecule has 1 saturated heterocycles. The zero-order chi connectivity index (χ0) is 18.6. The molecular weight excluding hydrogens is 342 g/mol. The van der Waals surface area contributed by atoms with Crippen molar-refractivity contribution in [3.63, 3.8) is 0 Å². The van der Waals surface area contributed by atoms with Gasteiger partial charge in [-0.05, 0) is 31.0 Å². The summed E-state index contributed by atoms with van der Waals surface area (Å²) in [6.45, 7) is 2.66. The average Bonchev–Trinajstić information content (AvgIpc) is 2.73. The summed E-state index contributed by atoms with van der Waals surface area (Å²) in [5.41, 5.74) is 3.19. The van der Waals surface area contributed by atoms with Crippen LogP contribution in [0.4, 0.5) is 5.82 Å². The molecule has 138 valence electrons. The van der Waals surface area contributed by atoms with E-state index in [1.54, 1.807) is 24.5 Å². The topological polar surface area (TPSA) is 91.1 Å². The number of carbonyl (C=O) groups is 1. The second kappa shape index (κ2) is 7.72. The Kier molecular flexibility index (Phi) is 4.99. The van der Waals surface area contributed by atoms with Crippen molar-refractivity contribution in [2.75, 3.05) is 24.6 Å². The van der Waals surface area contributed by atoms with Gasteiger partial charge < -0.3 is 15.0 Å². The molecule has 4 rings (SSSR count). The molecule has 0 saturated carbocycles. The molecule has 1 N–H and O–H groups in total. The van der Waals surface area contributed by atoms with Crippen LogP contribution in [-0.4, -0.2) is 41.6 Å². The van der Waals surface area contributed by atoms with Gasteiger partial charge in [0.25, 0.3) is 5.91 Å². The number of hydrogen-bond donors (Lipinski definition) is 1. The predicted octanol–water partition coefficient (Wildman–Crippen LogP) is 1.82. The summed E-state index contributed by atoms with van der Waals surface area (Å²) in [5.74, 6) is 0.626. The number of anilines is 1. The summed E-state index contributed by atoms with van der Waals surface area (Å²) in [5, 5.41) is 12.7. The van der Waals surface area contributed by atoms with E-state index >= 15 is 0 Å². The first-order chi connectivity index (χ1) is 13.2. The number of amides is 1. The second-order valence-corrected chi connectivity index (χ2v) is 6.87. The Labute approximate surface area is 158 Å². The number of aromatic nitrogens is 2. The number of nitrogens with one attached hydrogen (secondary N) is 1. The first-order valence-corrected chi connectivity index (χ1v) is 9.21. The lowest BCUT2D eigenvalue weighted by atomic mass is 10.0. The van der Waals surface area contributed by atoms with Gasteiger partial charge in [0.05, 0.1) is 24.5 Å². The van der Waals surface area contributed by atoms with Gasteiger partial charge in [-0.3, -0.25) is 9.78 Å². The van der Waals surface area contributed by atoms with E-state index in [9.17, 15) is 10.1 Å². The molecule has 0 bridgehead atoms. The fourth-order valence-corrected chi connectivity index (χ4v) is 3.66. The van der Waals surface area contributed by atoms with Crippen LogP contribution in [0.5, 0.6) is 0 Å². The van der Waals surface area contributed by atoms with Gasteiger partial charge in [-0.2, -0.15) is 5.26 Å². The molecule has 1 atom stereocenters. The third kappa shape index (κ3) is 3.76. The molecule has 7 nitrogen and oxygen atoms in total. The minimum atomic E-state index is -0.0969. The molecule has 0 aromatic carbocycles. The van der Waals surface area contributed by atoms with Crippen LogP contribution in [0.15, 0.2) is 30.6 Å². The molecule has 2 aromatic rings. The molecular formula is C20H21N5O2. The summed E-state index contributed by atoms with van der Waals surface area (Å²) in [7, 11) is 0. The highest BCUT2D eigenvalue weighted by molar-refractivity contribution is 5.94. The van der Waals surface area contributed by atoms with Gasteiger partial charge in [0.1, 0.15) is 11.9 Å². The normalized spacial score (nSPS) is 19.1. The van der Waals surface area contributed by atoms with Gasteiger partial charge in [0.2, 0.25) is 0 Å². The van der Waals surface area contributed by atoms with Gasteiger partial charge in [0, 0.05) is 49.1 Å². The summed E-state index contributed by atoms with van der Waals surface area (Å²) in [6.07, 6.45) is 5.84. The number of nitrogens with zero attached hydrogens (tertiary/aromatic N) is 4. The van der Waals surface area contributed by atoms with E-state index < -0.39 is 0 Å². The van der Waals surface area contributed by atoms with Crippen molar-refractivity contribution in [3.8, 4) is 6.07 Å². The van der Waals surface area contributed by atoms with Gasteiger partial charge in [-0.25, -0.2) is 4.98 Å². The summed E-state index contributed by atoms with van der Waals surface area (Å²) >= 11 is 0. The van der Waals surface area contributed by atoms with E-state index in [4.69, 9.17) is 9.72 Å². The fraction of sp³-hybridized carbons (Fsp3) is 0.400. The van der Waals surface area contributed by atoms with Crippen LogP contribution < -0.4 is 10.2 Å². The Bertz CT molecular complexity index is 878. The minimum Gasteiger partial charge on any atom is -0.376 e. The smallest absolute Gasteiger partial charge is 0.251 e. The van der Waals surface area contributed by atoms with Gasteiger partial charge in [0.15, 0.2) is 0 Å². The summed E-state index contributed by atoms with van der Waals surface area (Å²) in [6, 6.07) is 7.60. The molecule has 27 heavy (non-hydrogen) atoms. The Morgan fingerprint density at radius 1 is 1.37 bits per heavy atom. The molecule has 2 aliphatic heterocycles. The van der Waals surface area contributed by atoms with Crippen LogP contribution in [0.2, 0.25) is 0 Å². The molecule has 4 heterocycles. The first-order valence-electron chi connectivity index (χ1n) is 9.21. The Morgan fingerprint density at radius 3 is 3.04 bits per heavy atom. The van der Waals surface area contributed by atoms with E-state index in [-0.39, 0.29) is 11.9 Å². The maximum Gasteiger partial charge on any atom is 0.251 e. The quantitative estimate of drug-likeness (QED) is 0.894. The van der Waals surface area contributed by atoms with E-state index in [0.29, 0.717) is 30.9 Å². The molecule has 1 fully saturated rings. The van der Waals surface area contributed by atoms with Crippen molar-refractivity contribution < 1.29 is 9.53 Å². The molecule has 0 aliphatic carbocycles. The highest BCUT2D eigenvalue weighted by atomic mass is 16.5. The van der Waals surface area contributed by atoms with Crippen molar-refractivity contribution in [1.82, 2.24) is 15.3 Å². The SMILES string of the molecule is N#Cc1cc2c(nc1N1CCCC(NC(=O)c3ccncc3)C1)CCOC2. The lowest BCUT2D eigenvalue weighted by Gasteiger charge is -2.35. The van der Waals surface area contributed by atoms with E-state index in [1.165, 1.54) is 0 Å². The molecule has 1 amide bonds. The number of nitriles is 1. The Balaban J connectivity index is 1.51. The number of hydrogen-bond acceptors (Lipinski definition) is 6. The molecule has 2 aliphatic rings. The number of fused-ring (bicyclic) bond motifs is 1. The Hall–Kier alpha value is -2.98. The van der Waals surface area contributed by atoms with Crippen LogP contribution in [0.3, 0.4) is 0 Å². The number of piperidine rings is 1. The highest BCUT2D eigenvalue weighted by Crippen LogP contribution is 2.26. The minimum absolute atomic E-state index is 0.0205. The van der Waals surface area contributed by atoms with Crippen molar-refractivity contribution in [1.29, 1.82) is 5.26 Å². The van der Waals surface area contributed by atoms with E-state index in [1.807, 2.05) is 6.07 Å². The lowest BCUT2D eigenvalue weighted by Crippen LogP contribution is -2.48. The second-order valence-electron chi connectivity index (χ2n) is 6.87. The number of pyridine rings is 2. The molecule has 1 unspecified atom stereocenters. The largest absolute Gasteiger partial charge is 0.376 e. The third-order valence-corrected chi connectivity index (χ3v) is 5.03. The summed E-state index contributed by atoms with van der Waals surface area (Å²) in [4.78, 5) is 23.3. The molecule has 2 aromatic heterocycles. The van der Waals surface area contributed by atoms with Crippen molar-refractivity contribution in [3.05, 3.63) is 53.0 Å². The lowest BCUT2D eigenvalue weighted by molar-refractivity contribution is 0.0933.